The number of alkyl halides is 1. The molecule has 4 rings (SSSR count). The van der Waals surface area contributed by atoms with Gasteiger partial charge in [-0.1, -0.05) is 48.4 Å². The molecule has 2 aliphatic carbocycles. The molecule has 0 bridgehead atoms. The Balaban J connectivity index is 1.71. The number of fused-ring (bicyclic) bond motifs is 2. The number of rotatable bonds is 5. The molecule has 1 saturated carbocycles. The van der Waals surface area contributed by atoms with E-state index in [1.54, 1.807) is 12.2 Å². The number of ketones is 1. The summed E-state index contributed by atoms with van der Waals surface area (Å²) in [6.07, 6.45) is 12.9. The Bertz CT molecular complexity index is 1040. The molecule has 2 atom stereocenters. The lowest BCUT2D eigenvalue weighted by molar-refractivity contribution is -0.123. The average Bonchev–Trinajstić information content (AvgIpc) is 3.14. The molecule has 4 heteroatoms. The second-order valence-corrected chi connectivity index (χ2v) is 8.73. The van der Waals surface area contributed by atoms with Crippen LogP contribution < -0.4 is 0 Å². The number of benzene rings is 1. The minimum absolute atomic E-state index is 0.0434. The molecule has 0 saturated heterocycles. The van der Waals surface area contributed by atoms with Gasteiger partial charge in [0.05, 0.1) is 17.6 Å². The fourth-order valence-corrected chi connectivity index (χ4v) is 4.98. The predicted octanol–water partition coefficient (Wildman–Crippen LogP) is 5.97. The van der Waals surface area contributed by atoms with E-state index in [1.807, 2.05) is 23.9 Å². The summed E-state index contributed by atoms with van der Waals surface area (Å²) in [5.74, 6) is -0.237. The predicted molar refractivity (Wildman–Crippen MR) is 119 cm³/mol. The standard InChI is InChI=1S/C26H29FN2O/c1-4-5-7-19(16-27)25(30)23-9-6-8-21-14-24-20(15-26(21,23)3)17-28-29(24)22-12-10-18(2)11-13-22/h4-5,7,10-14,17,23H,6,8-9,15-16H2,1-3H3/b5-4-,19-7+. The van der Waals surface area contributed by atoms with Crippen LogP contribution in [0, 0.1) is 18.3 Å². The van der Waals surface area contributed by atoms with Crippen molar-refractivity contribution in [3.63, 3.8) is 0 Å². The van der Waals surface area contributed by atoms with Crippen LogP contribution in [0.1, 0.15) is 49.9 Å². The number of carbonyl (C=O) groups excluding carboxylic acids is 1. The fraction of sp³-hybridized carbons (Fsp3) is 0.385. The molecule has 1 aromatic heterocycles. The number of halogens is 1. The molecule has 2 aliphatic rings. The molecule has 0 spiro atoms. The summed E-state index contributed by atoms with van der Waals surface area (Å²) >= 11 is 0. The molecule has 2 aromatic rings. The van der Waals surface area contributed by atoms with E-state index in [1.165, 1.54) is 11.1 Å². The summed E-state index contributed by atoms with van der Waals surface area (Å²) in [7, 11) is 0. The molecule has 0 radical (unpaired) electrons. The number of aromatic nitrogens is 2. The molecule has 156 valence electrons. The van der Waals surface area contributed by atoms with Crippen LogP contribution in [0.2, 0.25) is 0 Å². The Morgan fingerprint density at radius 2 is 2.10 bits per heavy atom. The Labute approximate surface area is 178 Å². The van der Waals surface area contributed by atoms with Gasteiger partial charge in [-0.15, -0.1) is 0 Å². The van der Waals surface area contributed by atoms with Gasteiger partial charge in [0.1, 0.15) is 6.67 Å². The highest BCUT2D eigenvalue weighted by Crippen LogP contribution is 2.52. The van der Waals surface area contributed by atoms with Gasteiger partial charge < -0.3 is 0 Å². The Morgan fingerprint density at radius 3 is 2.80 bits per heavy atom. The van der Waals surface area contributed by atoms with Crippen molar-refractivity contribution in [3.05, 3.63) is 76.7 Å². The van der Waals surface area contributed by atoms with E-state index in [-0.39, 0.29) is 22.7 Å². The molecular formula is C26H29FN2O. The lowest BCUT2D eigenvalue weighted by atomic mass is 9.58. The zero-order chi connectivity index (χ0) is 21.3. The first kappa shape index (κ1) is 20.5. The maximum absolute atomic E-state index is 13.6. The van der Waals surface area contributed by atoms with Crippen molar-refractivity contribution in [1.82, 2.24) is 9.78 Å². The maximum Gasteiger partial charge on any atom is 0.165 e. The highest BCUT2D eigenvalue weighted by atomic mass is 19.1. The van der Waals surface area contributed by atoms with E-state index in [2.05, 4.69) is 49.3 Å². The van der Waals surface area contributed by atoms with Crippen LogP contribution in [-0.2, 0) is 11.2 Å². The molecule has 0 amide bonds. The van der Waals surface area contributed by atoms with Gasteiger partial charge in [0.15, 0.2) is 5.78 Å². The number of nitrogens with zero attached hydrogens (tertiary/aromatic N) is 2. The van der Waals surface area contributed by atoms with E-state index in [4.69, 9.17) is 0 Å². The smallest absolute Gasteiger partial charge is 0.165 e. The highest BCUT2D eigenvalue weighted by molar-refractivity contribution is 5.98. The molecule has 30 heavy (non-hydrogen) atoms. The summed E-state index contributed by atoms with van der Waals surface area (Å²) in [4.78, 5) is 13.3. The van der Waals surface area contributed by atoms with Gasteiger partial charge in [-0.2, -0.15) is 5.10 Å². The van der Waals surface area contributed by atoms with Gasteiger partial charge in [-0.05, 0) is 63.3 Å². The molecule has 1 heterocycles. The summed E-state index contributed by atoms with van der Waals surface area (Å²) < 4.78 is 15.6. The number of aryl methyl sites for hydroxylation is 1. The van der Waals surface area contributed by atoms with E-state index in [0.717, 1.165) is 42.6 Å². The van der Waals surface area contributed by atoms with Crippen molar-refractivity contribution >= 4 is 11.9 Å². The first-order valence-corrected chi connectivity index (χ1v) is 10.7. The van der Waals surface area contributed by atoms with Crippen molar-refractivity contribution in [1.29, 1.82) is 0 Å². The van der Waals surface area contributed by atoms with Crippen LogP contribution in [-0.4, -0.2) is 22.2 Å². The monoisotopic (exact) mass is 404 g/mol. The van der Waals surface area contributed by atoms with E-state index < -0.39 is 6.67 Å². The number of carbonyl (C=O) groups is 1. The third-order valence-electron chi connectivity index (χ3n) is 6.74. The van der Waals surface area contributed by atoms with Crippen molar-refractivity contribution in [3.8, 4) is 5.69 Å². The van der Waals surface area contributed by atoms with Crippen molar-refractivity contribution < 1.29 is 9.18 Å². The van der Waals surface area contributed by atoms with E-state index in [9.17, 15) is 9.18 Å². The first-order chi connectivity index (χ1) is 14.5. The normalized spacial score (nSPS) is 23.8. The van der Waals surface area contributed by atoms with Gasteiger partial charge in [0.25, 0.3) is 0 Å². The van der Waals surface area contributed by atoms with Crippen molar-refractivity contribution in [2.24, 2.45) is 11.3 Å². The maximum atomic E-state index is 13.6. The summed E-state index contributed by atoms with van der Waals surface area (Å²) in [6.45, 7) is 5.41. The van der Waals surface area contributed by atoms with Crippen molar-refractivity contribution in [2.45, 2.75) is 46.5 Å². The van der Waals surface area contributed by atoms with Gasteiger partial charge in [-0.25, -0.2) is 9.07 Å². The number of hydrogen-bond acceptors (Lipinski definition) is 2. The first-order valence-electron chi connectivity index (χ1n) is 10.7. The number of Topliss-reactive ketones (excluding diaryl/α,β-unsaturated/α-hetero) is 1. The van der Waals surface area contributed by atoms with Crippen molar-refractivity contribution in [2.75, 3.05) is 6.67 Å². The Kier molecular flexibility index (Phi) is 5.59. The third kappa shape index (κ3) is 3.49. The van der Waals surface area contributed by atoms with Gasteiger partial charge in [-0.3, -0.25) is 4.79 Å². The van der Waals surface area contributed by atoms with Crippen LogP contribution in [0.15, 0.2) is 59.8 Å². The number of hydrogen-bond donors (Lipinski definition) is 0. The summed E-state index contributed by atoms with van der Waals surface area (Å²) in [5.41, 5.74) is 5.80. The zero-order valence-electron chi connectivity index (χ0n) is 18.0. The van der Waals surface area contributed by atoms with Crippen LogP contribution in [0.4, 0.5) is 4.39 Å². The second kappa shape index (κ2) is 8.17. The molecule has 0 aliphatic heterocycles. The topological polar surface area (TPSA) is 34.9 Å². The van der Waals surface area contributed by atoms with Crippen LogP contribution >= 0.6 is 0 Å². The zero-order valence-corrected chi connectivity index (χ0v) is 18.0. The van der Waals surface area contributed by atoms with Gasteiger partial charge >= 0.3 is 0 Å². The lowest BCUT2D eigenvalue weighted by Gasteiger charge is -2.45. The molecule has 0 N–H and O–H groups in total. The summed E-state index contributed by atoms with van der Waals surface area (Å²) in [6, 6.07) is 8.35. The lowest BCUT2D eigenvalue weighted by Crippen LogP contribution is -2.42. The Morgan fingerprint density at radius 1 is 1.33 bits per heavy atom. The quantitative estimate of drug-likeness (QED) is 0.455. The SMILES string of the molecule is C/C=C\C=C(/CF)C(=O)C1CCCC2=Cc3c(cnn3-c3ccc(C)cc3)CC21C. The van der Waals surface area contributed by atoms with E-state index >= 15 is 0 Å². The van der Waals surface area contributed by atoms with Gasteiger partial charge in [0.2, 0.25) is 0 Å². The molecule has 1 fully saturated rings. The third-order valence-corrected chi connectivity index (χ3v) is 6.74. The molecule has 1 aromatic carbocycles. The molecular weight excluding hydrogens is 375 g/mol. The highest BCUT2D eigenvalue weighted by Gasteiger charge is 2.46. The minimum Gasteiger partial charge on any atom is -0.294 e. The van der Waals surface area contributed by atoms with E-state index in [0.29, 0.717) is 0 Å². The van der Waals surface area contributed by atoms with Gasteiger partial charge in [0, 0.05) is 16.9 Å². The minimum atomic E-state index is -0.717. The average molecular weight is 405 g/mol. The number of allylic oxidation sites excluding steroid dienone is 5. The second-order valence-electron chi connectivity index (χ2n) is 8.73. The molecule has 3 nitrogen and oxygen atoms in total. The Hall–Kier alpha value is -2.75. The molecule has 2 unspecified atom stereocenters. The van der Waals surface area contributed by atoms with Crippen LogP contribution in [0.5, 0.6) is 0 Å². The van der Waals surface area contributed by atoms with Crippen LogP contribution in [0.25, 0.3) is 11.8 Å². The fourth-order valence-electron chi connectivity index (χ4n) is 4.98. The van der Waals surface area contributed by atoms with Crippen LogP contribution in [0.3, 0.4) is 0 Å². The largest absolute Gasteiger partial charge is 0.294 e. The summed E-state index contributed by atoms with van der Waals surface area (Å²) in [5, 5.41) is 4.66.